The van der Waals surface area contributed by atoms with Gasteiger partial charge in [-0.1, -0.05) is 31.5 Å². The van der Waals surface area contributed by atoms with Crippen molar-refractivity contribution in [2.24, 2.45) is 0 Å². The quantitative estimate of drug-likeness (QED) is 0.130. The standard InChI is InChI=1S/C24H5BF15O.C4H11N/c26-10-7(11(27)17(33)22(38)16(10)32)25(5-3-1-2-4-6(5)41,8-12(28)18(34)23(39)19(35)13(8)29)9-14(30)20(36)24(40)21(37)15(9)31;1-2-3-4-5/h1-4,41H;2-5H2,1H3/q-1;/p+1. The summed E-state index contributed by atoms with van der Waals surface area (Å²) in [7, 11) is 0. The number of halogens is 15. The number of quaternary nitrogens is 1. The Morgan fingerprint density at radius 3 is 0.957 bits per heavy atom. The van der Waals surface area contributed by atoms with Crippen LogP contribution in [0.3, 0.4) is 0 Å². The number of phenolic OH excluding ortho intramolecular Hbond substituents is 1. The highest BCUT2D eigenvalue weighted by atomic mass is 19.2. The molecule has 4 N–H and O–H groups in total. The van der Waals surface area contributed by atoms with E-state index in [4.69, 9.17) is 0 Å². The Labute approximate surface area is 248 Å². The molecule has 0 saturated carbocycles. The molecule has 0 radical (unpaired) electrons. The van der Waals surface area contributed by atoms with Gasteiger partial charge in [-0.3, -0.25) is 0 Å². The molecule has 4 aromatic rings. The molecule has 4 aromatic carbocycles. The van der Waals surface area contributed by atoms with Crippen molar-refractivity contribution in [1.82, 2.24) is 0 Å². The minimum atomic E-state index is -5.99. The fourth-order valence-electron chi connectivity index (χ4n) is 5.01. The molecular formula is C28H17BF15NO. The van der Waals surface area contributed by atoms with Crippen LogP contribution in [0.2, 0.25) is 0 Å². The van der Waals surface area contributed by atoms with Crippen LogP contribution >= 0.6 is 0 Å². The summed E-state index contributed by atoms with van der Waals surface area (Å²) in [6.07, 6.45) is -3.43. The first kappa shape index (κ1) is 36.1. The van der Waals surface area contributed by atoms with E-state index < -0.39 is 121 Å². The largest absolute Gasteiger partial charge is 0.511 e. The molecule has 0 amide bonds. The topological polar surface area (TPSA) is 47.9 Å². The highest BCUT2D eigenvalue weighted by Gasteiger charge is 2.49. The fourth-order valence-corrected chi connectivity index (χ4v) is 5.01. The second kappa shape index (κ2) is 13.6. The van der Waals surface area contributed by atoms with E-state index in [0.717, 1.165) is 12.6 Å². The molecule has 0 spiro atoms. The lowest BCUT2D eigenvalue weighted by Crippen LogP contribution is -2.79. The molecule has 0 bridgehead atoms. The first-order valence-corrected chi connectivity index (χ1v) is 12.7. The number of hydrogen-bond acceptors (Lipinski definition) is 1. The second-order valence-electron chi connectivity index (χ2n) is 9.58. The summed E-state index contributed by atoms with van der Waals surface area (Å²) in [5.74, 6) is -48.4. The van der Waals surface area contributed by atoms with Gasteiger partial charge in [0.2, 0.25) is 0 Å². The van der Waals surface area contributed by atoms with E-state index in [2.05, 4.69) is 12.7 Å². The van der Waals surface area contributed by atoms with Gasteiger partial charge < -0.3 is 10.8 Å². The van der Waals surface area contributed by atoms with Gasteiger partial charge in [-0.25, -0.2) is 65.9 Å². The Hall–Kier alpha value is -4.35. The predicted octanol–water partition coefficient (Wildman–Crippen LogP) is 4.88. The fraction of sp³-hybridized carbons (Fsp3) is 0.143. The molecule has 0 unspecified atom stereocenters. The maximum atomic E-state index is 15.4. The molecule has 248 valence electrons. The molecule has 0 heterocycles. The summed E-state index contributed by atoms with van der Waals surface area (Å²) in [4.78, 5) is 0. The lowest BCUT2D eigenvalue weighted by molar-refractivity contribution is -0.368. The minimum Gasteiger partial charge on any atom is -0.511 e. The normalized spacial score (nSPS) is 11.5. The van der Waals surface area contributed by atoms with Crippen LogP contribution in [0.15, 0.2) is 24.3 Å². The first-order chi connectivity index (χ1) is 21.5. The number of benzene rings is 4. The van der Waals surface area contributed by atoms with Crippen LogP contribution in [0.4, 0.5) is 65.9 Å². The molecule has 2 nitrogen and oxygen atoms in total. The van der Waals surface area contributed by atoms with Crippen molar-refractivity contribution in [3.05, 3.63) is 112 Å². The third-order valence-electron chi connectivity index (χ3n) is 7.04. The molecule has 0 saturated heterocycles. The van der Waals surface area contributed by atoms with Crippen LogP contribution in [0.25, 0.3) is 0 Å². The third-order valence-corrected chi connectivity index (χ3v) is 7.04. The predicted molar refractivity (Wildman–Crippen MR) is 134 cm³/mol. The van der Waals surface area contributed by atoms with Gasteiger partial charge >= 0.3 is 0 Å². The molecule has 18 heteroatoms. The number of aromatic hydroxyl groups is 1. The number of rotatable bonds is 6. The molecule has 4 rings (SSSR count). The van der Waals surface area contributed by atoms with Crippen molar-refractivity contribution in [3.8, 4) is 5.75 Å². The number of hydrogen-bond donors (Lipinski definition) is 2. The molecule has 0 aliphatic heterocycles. The van der Waals surface area contributed by atoms with Gasteiger partial charge in [0.05, 0.1) is 12.3 Å². The van der Waals surface area contributed by atoms with Gasteiger partial charge in [0.15, 0.2) is 52.4 Å². The SMILES string of the molecule is CCCC[NH3+].Oc1ccccc1[B-](c1c(F)c(F)c(F)c(F)c1F)(c1c(F)c(F)c(F)c(F)c1F)c1c(F)c(F)c(F)c(F)c1F. The Morgan fingerprint density at radius 1 is 0.478 bits per heavy atom. The van der Waals surface area contributed by atoms with Gasteiger partial charge in [0.1, 0.15) is 41.0 Å². The van der Waals surface area contributed by atoms with Crippen LogP contribution in [0, 0.1) is 87.3 Å². The van der Waals surface area contributed by atoms with Crippen molar-refractivity contribution < 1.29 is 76.7 Å². The Morgan fingerprint density at radius 2 is 0.739 bits per heavy atom. The molecular weight excluding hydrogens is 662 g/mol. The van der Waals surface area contributed by atoms with Crippen molar-refractivity contribution in [2.45, 2.75) is 19.8 Å². The zero-order chi connectivity index (χ0) is 35.0. The lowest BCUT2D eigenvalue weighted by Gasteiger charge is -2.44. The molecule has 0 atom stereocenters. The number of para-hydroxylation sites is 1. The maximum absolute atomic E-state index is 15.4. The van der Waals surface area contributed by atoms with E-state index in [1.54, 1.807) is 0 Å². The van der Waals surface area contributed by atoms with Gasteiger partial charge in [0.25, 0.3) is 0 Å². The van der Waals surface area contributed by atoms with Crippen LogP contribution < -0.4 is 27.6 Å². The number of phenols is 1. The highest BCUT2D eigenvalue weighted by molar-refractivity contribution is 7.20. The zero-order valence-corrected chi connectivity index (χ0v) is 22.8. The molecule has 0 aromatic heterocycles. The van der Waals surface area contributed by atoms with E-state index in [1.807, 2.05) is 0 Å². The van der Waals surface area contributed by atoms with E-state index in [0.29, 0.717) is 12.1 Å². The Bertz CT molecular complexity index is 1580. The summed E-state index contributed by atoms with van der Waals surface area (Å²) in [5.41, 5.74) is -6.59. The zero-order valence-electron chi connectivity index (χ0n) is 22.8. The molecule has 0 aliphatic rings. The summed E-state index contributed by atoms with van der Waals surface area (Å²) in [5, 5.41) is 10.5. The van der Waals surface area contributed by atoms with Crippen molar-refractivity contribution in [2.75, 3.05) is 6.54 Å². The Balaban J connectivity index is 0.00000107. The molecule has 0 fully saturated rings. The highest BCUT2D eigenvalue weighted by Crippen LogP contribution is 2.29. The van der Waals surface area contributed by atoms with Crippen molar-refractivity contribution in [1.29, 1.82) is 0 Å². The van der Waals surface area contributed by atoms with Crippen molar-refractivity contribution >= 4 is 28.0 Å². The maximum Gasteiger partial charge on any atom is 0.200 e. The summed E-state index contributed by atoms with van der Waals surface area (Å²) in [6, 6.07) is 1.92. The smallest absolute Gasteiger partial charge is 0.200 e. The van der Waals surface area contributed by atoms with E-state index >= 15 is 26.3 Å². The first-order valence-electron chi connectivity index (χ1n) is 12.7. The minimum absolute atomic E-state index is 0.184. The van der Waals surface area contributed by atoms with Crippen LogP contribution in [-0.4, -0.2) is 17.8 Å². The molecule has 46 heavy (non-hydrogen) atoms. The summed E-state index contributed by atoms with van der Waals surface area (Å²) < 4.78 is 221. The van der Waals surface area contributed by atoms with Gasteiger partial charge in [-0.2, -0.15) is 5.46 Å². The average Bonchev–Trinajstić information content (AvgIpc) is 3.03. The molecule has 0 aliphatic carbocycles. The average molecular weight is 679 g/mol. The van der Waals surface area contributed by atoms with E-state index in [9.17, 15) is 44.6 Å². The monoisotopic (exact) mass is 679 g/mol. The van der Waals surface area contributed by atoms with E-state index in [1.165, 1.54) is 12.8 Å². The number of unbranched alkanes of at least 4 members (excludes halogenated alkanes) is 1. The second-order valence-corrected chi connectivity index (χ2v) is 9.58. The van der Waals surface area contributed by atoms with Gasteiger partial charge in [-0.15, -0.1) is 16.4 Å². The summed E-state index contributed by atoms with van der Waals surface area (Å²) in [6.45, 7) is 3.27. The Kier molecular flexibility index (Phi) is 10.7. The van der Waals surface area contributed by atoms with Crippen LogP contribution in [-0.2, 0) is 0 Å². The van der Waals surface area contributed by atoms with Crippen LogP contribution in [0.1, 0.15) is 19.8 Å². The summed E-state index contributed by atoms with van der Waals surface area (Å²) >= 11 is 0. The lowest BCUT2D eigenvalue weighted by atomic mass is 9.12. The van der Waals surface area contributed by atoms with E-state index in [-0.39, 0.29) is 6.07 Å². The third kappa shape index (κ3) is 5.41. The van der Waals surface area contributed by atoms with Crippen molar-refractivity contribution in [3.63, 3.8) is 0 Å². The van der Waals surface area contributed by atoms with Gasteiger partial charge in [0, 0.05) is 0 Å². The van der Waals surface area contributed by atoms with Crippen LogP contribution in [0.5, 0.6) is 5.75 Å². The van der Waals surface area contributed by atoms with Gasteiger partial charge in [-0.05, 0) is 12.5 Å².